The fourth-order valence-electron chi connectivity index (χ4n) is 2.85. The van der Waals surface area contributed by atoms with Crippen LogP contribution in [0.15, 0.2) is 17.0 Å². The van der Waals surface area contributed by atoms with Gasteiger partial charge in [0.1, 0.15) is 16.0 Å². The number of ether oxygens (including phenoxy) is 1. The van der Waals surface area contributed by atoms with Crippen molar-refractivity contribution in [2.75, 3.05) is 31.6 Å². The molecule has 0 radical (unpaired) electrons. The van der Waals surface area contributed by atoms with Crippen LogP contribution in [0.3, 0.4) is 0 Å². The standard InChI is InChI=1S/C18H17Cl2N3O4S2/c1-10-11(2)28-18(13(10)9-21)22-17(24)12-7-16(15(20)8-14(12)19)29(25,26)23-3-5-27-6-4-23/h7-8H,3-6H2,1-2H3,(H,22,24). The molecule has 0 atom stereocenters. The number of thiophene rings is 1. The van der Waals surface area contributed by atoms with Crippen LogP contribution in [-0.2, 0) is 14.8 Å². The molecule has 2 aromatic rings. The second kappa shape index (κ2) is 8.60. The van der Waals surface area contributed by atoms with Crippen LogP contribution in [0.1, 0.15) is 26.4 Å². The summed E-state index contributed by atoms with van der Waals surface area (Å²) in [7, 11) is -3.92. The van der Waals surface area contributed by atoms with Gasteiger partial charge in [-0.15, -0.1) is 11.3 Å². The largest absolute Gasteiger partial charge is 0.379 e. The maximum Gasteiger partial charge on any atom is 0.257 e. The van der Waals surface area contributed by atoms with Crippen molar-refractivity contribution in [3.8, 4) is 6.07 Å². The van der Waals surface area contributed by atoms with E-state index >= 15 is 0 Å². The third kappa shape index (κ3) is 4.28. The van der Waals surface area contributed by atoms with Crippen molar-refractivity contribution in [1.82, 2.24) is 4.31 Å². The van der Waals surface area contributed by atoms with Gasteiger partial charge in [0, 0.05) is 18.0 Å². The molecule has 1 aliphatic rings. The molecule has 1 aromatic heterocycles. The predicted molar refractivity (Wildman–Crippen MR) is 113 cm³/mol. The highest BCUT2D eigenvalue weighted by atomic mass is 35.5. The first kappa shape index (κ1) is 22.0. The van der Waals surface area contributed by atoms with Gasteiger partial charge in [0.05, 0.1) is 34.4 Å². The Balaban J connectivity index is 1.98. The van der Waals surface area contributed by atoms with Gasteiger partial charge in [0.25, 0.3) is 5.91 Å². The van der Waals surface area contributed by atoms with Gasteiger partial charge in [-0.2, -0.15) is 9.57 Å². The molecule has 1 N–H and O–H groups in total. The van der Waals surface area contributed by atoms with Gasteiger partial charge in [-0.05, 0) is 31.5 Å². The van der Waals surface area contributed by atoms with E-state index in [1.54, 1.807) is 6.92 Å². The van der Waals surface area contributed by atoms with E-state index in [4.69, 9.17) is 27.9 Å². The van der Waals surface area contributed by atoms with Gasteiger partial charge in [-0.3, -0.25) is 4.79 Å². The number of hydrogen-bond donors (Lipinski definition) is 1. The zero-order chi connectivity index (χ0) is 21.3. The topological polar surface area (TPSA) is 99.5 Å². The quantitative estimate of drug-likeness (QED) is 0.727. The molecule has 3 rings (SSSR count). The zero-order valence-corrected chi connectivity index (χ0v) is 18.7. The number of halogens is 2. The average molecular weight is 474 g/mol. The first-order valence-electron chi connectivity index (χ1n) is 8.55. The predicted octanol–water partition coefficient (Wildman–Crippen LogP) is 3.82. The monoisotopic (exact) mass is 473 g/mol. The molecule has 1 amide bonds. The van der Waals surface area contributed by atoms with E-state index in [-0.39, 0.29) is 46.8 Å². The molecule has 29 heavy (non-hydrogen) atoms. The summed E-state index contributed by atoms with van der Waals surface area (Å²) in [6.45, 7) is 4.60. The molecule has 2 heterocycles. The Morgan fingerprint density at radius 2 is 1.90 bits per heavy atom. The Morgan fingerprint density at radius 1 is 1.24 bits per heavy atom. The van der Waals surface area contributed by atoms with E-state index in [0.29, 0.717) is 10.6 Å². The normalized spacial score (nSPS) is 15.1. The van der Waals surface area contributed by atoms with Crippen molar-refractivity contribution in [3.05, 3.63) is 43.7 Å². The lowest BCUT2D eigenvalue weighted by molar-refractivity contribution is 0.0730. The van der Waals surface area contributed by atoms with E-state index in [1.807, 2.05) is 6.92 Å². The van der Waals surface area contributed by atoms with E-state index in [2.05, 4.69) is 11.4 Å². The SMILES string of the molecule is Cc1sc(NC(=O)c2cc(S(=O)(=O)N3CCOCC3)c(Cl)cc2Cl)c(C#N)c1C. The number of benzene rings is 1. The van der Waals surface area contributed by atoms with Gasteiger partial charge in [0.15, 0.2) is 0 Å². The number of aryl methyl sites for hydroxylation is 1. The molecule has 1 aromatic carbocycles. The number of amides is 1. The molecule has 0 bridgehead atoms. The summed E-state index contributed by atoms with van der Waals surface area (Å²) in [6.07, 6.45) is 0. The summed E-state index contributed by atoms with van der Waals surface area (Å²) < 4.78 is 32.4. The molecule has 1 saturated heterocycles. The van der Waals surface area contributed by atoms with E-state index < -0.39 is 15.9 Å². The lowest BCUT2D eigenvalue weighted by Crippen LogP contribution is -2.40. The number of rotatable bonds is 4. The van der Waals surface area contributed by atoms with Crippen molar-refractivity contribution in [2.24, 2.45) is 0 Å². The van der Waals surface area contributed by atoms with Gasteiger partial charge in [0.2, 0.25) is 10.0 Å². The lowest BCUT2D eigenvalue weighted by atomic mass is 10.1. The fraction of sp³-hybridized carbons (Fsp3) is 0.333. The highest BCUT2D eigenvalue weighted by Crippen LogP contribution is 2.34. The maximum absolute atomic E-state index is 13.0. The molecule has 11 heteroatoms. The Morgan fingerprint density at radius 3 is 2.52 bits per heavy atom. The number of sulfonamides is 1. The first-order valence-corrected chi connectivity index (χ1v) is 11.6. The smallest absolute Gasteiger partial charge is 0.257 e. The van der Waals surface area contributed by atoms with Crippen molar-refractivity contribution >= 4 is 55.5 Å². The van der Waals surface area contributed by atoms with Crippen molar-refractivity contribution < 1.29 is 17.9 Å². The highest BCUT2D eigenvalue weighted by molar-refractivity contribution is 7.89. The number of nitrogens with one attached hydrogen (secondary N) is 1. The molecule has 0 spiro atoms. The number of carbonyl (C=O) groups is 1. The van der Waals surface area contributed by atoms with E-state index in [1.165, 1.54) is 27.8 Å². The number of morpholine rings is 1. The third-order valence-electron chi connectivity index (χ3n) is 4.58. The molecule has 0 aliphatic carbocycles. The Hall–Kier alpha value is -1.67. The lowest BCUT2D eigenvalue weighted by Gasteiger charge is -2.26. The second-order valence-corrected chi connectivity index (χ2v) is 10.3. The van der Waals surface area contributed by atoms with Crippen LogP contribution in [0, 0.1) is 25.2 Å². The minimum absolute atomic E-state index is 0.0111. The summed E-state index contributed by atoms with van der Waals surface area (Å²) in [6, 6.07) is 4.48. The van der Waals surface area contributed by atoms with Crippen LogP contribution in [0.4, 0.5) is 5.00 Å². The van der Waals surface area contributed by atoms with Crippen molar-refractivity contribution in [1.29, 1.82) is 5.26 Å². The van der Waals surface area contributed by atoms with Gasteiger partial charge >= 0.3 is 0 Å². The van der Waals surface area contributed by atoms with Crippen LogP contribution in [0.5, 0.6) is 0 Å². The molecule has 0 saturated carbocycles. The molecular formula is C18H17Cl2N3O4S2. The van der Waals surface area contributed by atoms with E-state index in [9.17, 15) is 18.5 Å². The average Bonchev–Trinajstić information content (AvgIpc) is 2.94. The minimum Gasteiger partial charge on any atom is -0.379 e. The van der Waals surface area contributed by atoms with Gasteiger partial charge in [-0.1, -0.05) is 23.2 Å². The van der Waals surface area contributed by atoms with Crippen LogP contribution < -0.4 is 5.32 Å². The van der Waals surface area contributed by atoms with Crippen LogP contribution in [0.25, 0.3) is 0 Å². The van der Waals surface area contributed by atoms with Gasteiger partial charge in [-0.25, -0.2) is 8.42 Å². The van der Waals surface area contributed by atoms with Crippen molar-refractivity contribution in [2.45, 2.75) is 18.7 Å². The highest BCUT2D eigenvalue weighted by Gasteiger charge is 2.30. The zero-order valence-electron chi connectivity index (χ0n) is 15.6. The number of hydrogen-bond acceptors (Lipinski definition) is 6. The maximum atomic E-state index is 13.0. The van der Waals surface area contributed by atoms with Crippen LogP contribution in [-0.4, -0.2) is 44.9 Å². The number of carbonyl (C=O) groups excluding carboxylic acids is 1. The van der Waals surface area contributed by atoms with Crippen LogP contribution >= 0.6 is 34.5 Å². The summed E-state index contributed by atoms with van der Waals surface area (Å²) in [5, 5.41) is 12.3. The second-order valence-electron chi connectivity index (χ2n) is 6.33. The first-order chi connectivity index (χ1) is 13.7. The Bertz CT molecular complexity index is 1120. The summed E-state index contributed by atoms with van der Waals surface area (Å²) >= 11 is 13.6. The number of nitrogens with zero attached hydrogens (tertiary/aromatic N) is 2. The molecule has 154 valence electrons. The number of anilines is 1. The molecule has 1 aliphatic heterocycles. The summed E-state index contributed by atoms with van der Waals surface area (Å²) in [4.78, 5) is 13.5. The fourth-order valence-corrected chi connectivity index (χ4v) is 6.09. The molecule has 0 unspecified atom stereocenters. The molecular weight excluding hydrogens is 457 g/mol. The van der Waals surface area contributed by atoms with Crippen LogP contribution in [0.2, 0.25) is 10.0 Å². The Labute approximate surface area is 182 Å². The summed E-state index contributed by atoms with van der Waals surface area (Å²) in [5.74, 6) is -0.622. The Kier molecular flexibility index (Phi) is 6.53. The molecule has 1 fully saturated rings. The van der Waals surface area contributed by atoms with Gasteiger partial charge < -0.3 is 10.1 Å². The van der Waals surface area contributed by atoms with E-state index in [0.717, 1.165) is 10.4 Å². The third-order valence-corrected chi connectivity index (χ3v) is 8.38. The summed E-state index contributed by atoms with van der Waals surface area (Å²) in [5.41, 5.74) is 1.10. The minimum atomic E-state index is -3.92. The van der Waals surface area contributed by atoms with Crippen molar-refractivity contribution in [3.63, 3.8) is 0 Å². The number of nitriles is 1. The molecule has 7 nitrogen and oxygen atoms in total.